The van der Waals surface area contributed by atoms with Crippen molar-refractivity contribution >= 4 is 17.9 Å². The largest absolute Gasteiger partial charge is 0.481 e. The van der Waals surface area contributed by atoms with Crippen molar-refractivity contribution in [2.75, 3.05) is 0 Å². The Balaban J connectivity index is 0. The van der Waals surface area contributed by atoms with Gasteiger partial charge in [0.05, 0.1) is 0 Å². The topological polar surface area (TPSA) is 138 Å². The van der Waals surface area contributed by atoms with Crippen LogP contribution in [0, 0.1) is 0 Å². The van der Waals surface area contributed by atoms with Crippen molar-refractivity contribution < 1.29 is 29.7 Å². The van der Waals surface area contributed by atoms with Gasteiger partial charge in [-0.2, -0.15) is 0 Å². The minimum atomic E-state index is -1.09. The maximum atomic E-state index is 10.3. The van der Waals surface area contributed by atoms with Gasteiger partial charge in [-0.1, -0.05) is 70.4 Å². The molecular formula is C24H45NO6. The molecule has 7 heteroatoms. The molecule has 0 rings (SSSR count). The fraction of sp³-hybridized carbons (Fsp3) is 0.792. The fourth-order valence-corrected chi connectivity index (χ4v) is 2.94. The van der Waals surface area contributed by atoms with Crippen LogP contribution in [0.3, 0.4) is 0 Å². The molecule has 5 N–H and O–H groups in total. The van der Waals surface area contributed by atoms with E-state index < -0.39 is 23.9 Å². The quantitative estimate of drug-likeness (QED) is 0.138. The lowest BCUT2D eigenvalue weighted by molar-refractivity contribution is -0.140. The van der Waals surface area contributed by atoms with Gasteiger partial charge >= 0.3 is 17.9 Å². The van der Waals surface area contributed by atoms with Crippen LogP contribution in [-0.2, 0) is 14.4 Å². The van der Waals surface area contributed by atoms with E-state index in [2.05, 4.69) is 19.1 Å². The van der Waals surface area contributed by atoms with Gasteiger partial charge in [-0.25, -0.2) is 0 Å². The molecule has 0 aromatic rings. The third-order valence-corrected chi connectivity index (χ3v) is 4.88. The third kappa shape index (κ3) is 30.4. The molecule has 0 aromatic carbocycles. The molecule has 0 radical (unpaired) electrons. The molecule has 1 atom stereocenters. The number of hydrogen-bond donors (Lipinski definition) is 4. The smallest absolute Gasteiger partial charge is 0.320 e. The first-order valence-corrected chi connectivity index (χ1v) is 11.9. The number of carbonyl (C=O) groups is 3. The van der Waals surface area contributed by atoms with Crippen LogP contribution in [0.15, 0.2) is 12.2 Å². The summed E-state index contributed by atoms with van der Waals surface area (Å²) in [6, 6.07) is -0.936. The molecule has 0 aliphatic heterocycles. The number of nitrogens with two attached hydrogens (primary N) is 1. The lowest BCUT2D eigenvalue weighted by atomic mass is 10.1. The number of hydrogen-bond acceptors (Lipinski definition) is 4. The van der Waals surface area contributed by atoms with E-state index in [4.69, 9.17) is 21.1 Å². The molecule has 0 saturated carbocycles. The predicted molar refractivity (Wildman–Crippen MR) is 124 cm³/mol. The zero-order chi connectivity index (χ0) is 23.7. The predicted octanol–water partition coefficient (Wildman–Crippen LogP) is 5.76. The number of unbranched alkanes of at least 4 members (excludes halogenated alkanes) is 11. The van der Waals surface area contributed by atoms with Gasteiger partial charge in [0.25, 0.3) is 0 Å². The zero-order valence-electron chi connectivity index (χ0n) is 19.4. The summed E-state index contributed by atoms with van der Waals surface area (Å²) in [6.07, 6.45) is 21.7. The van der Waals surface area contributed by atoms with Crippen LogP contribution in [0.25, 0.3) is 0 Å². The number of carboxylic acid groups (broad SMARTS) is 3. The maximum Gasteiger partial charge on any atom is 0.320 e. The van der Waals surface area contributed by atoms with Crippen LogP contribution in [0.4, 0.5) is 0 Å². The number of allylic oxidation sites excluding steroid dienone is 2. The molecule has 0 spiro atoms. The Labute approximate surface area is 188 Å². The van der Waals surface area contributed by atoms with Crippen LogP contribution in [0.2, 0.25) is 0 Å². The molecule has 7 nitrogen and oxygen atoms in total. The van der Waals surface area contributed by atoms with E-state index in [1.807, 2.05) is 0 Å². The molecule has 0 fully saturated rings. The van der Waals surface area contributed by atoms with E-state index in [1.54, 1.807) is 0 Å². The van der Waals surface area contributed by atoms with E-state index >= 15 is 0 Å². The van der Waals surface area contributed by atoms with Crippen molar-refractivity contribution in [1.29, 1.82) is 0 Å². The molecule has 182 valence electrons. The van der Waals surface area contributed by atoms with Crippen molar-refractivity contribution in [2.24, 2.45) is 5.73 Å². The fourth-order valence-electron chi connectivity index (χ4n) is 2.94. The van der Waals surface area contributed by atoms with Gasteiger partial charge in [0.2, 0.25) is 0 Å². The highest BCUT2D eigenvalue weighted by Crippen LogP contribution is 2.09. The van der Waals surface area contributed by atoms with Gasteiger partial charge in [-0.3, -0.25) is 14.4 Å². The molecule has 1 unspecified atom stereocenters. The first-order valence-electron chi connectivity index (χ1n) is 11.9. The Morgan fingerprint density at radius 3 is 1.55 bits per heavy atom. The molecule has 0 aromatic heterocycles. The Morgan fingerprint density at radius 2 is 1.10 bits per heavy atom. The number of carboxylic acids is 3. The standard InChI is InChI=1S/C18H34O2.C6H11NO4/c1-2-3-4-5-6-7-8-9-10-11-12-13-14-15-16-17-18(19)20;7-4(6(10)11)2-1-3-5(8)9/h9-10H,2-8,11-17H2,1H3,(H,19,20);4H,1-3,7H2,(H,8,9)(H,10,11)/b10-9-;. The van der Waals surface area contributed by atoms with E-state index in [0.717, 1.165) is 12.8 Å². The Morgan fingerprint density at radius 1 is 0.677 bits per heavy atom. The summed E-state index contributed by atoms with van der Waals surface area (Å²) < 4.78 is 0. The van der Waals surface area contributed by atoms with Gasteiger partial charge < -0.3 is 21.1 Å². The number of rotatable bonds is 20. The normalized spacial score (nSPS) is 11.7. The van der Waals surface area contributed by atoms with Crippen molar-refractivity contribution in [3.63, 3.8) is 0 Å². The summed E-state index contributed by atoms with van der Waals surface area (Å²) in [6.45, 7) is 2.26. The average molecular weight is 444 g/mol. The molecule has 0 amide bonds. The SMILES string of the molecule is CCCCCCCC/C=C\CCCCCCCC(=O)O.NC(CCCC(=O)O)C(=O)O. The third-order valence-electron chi connectivity index (χ3n) is 4.88. The average Bonchev–Trinajstić information content (AvgIpc) is 2.70. The van der Waals surface area contributed by atoms with Crippen molar-refractivity contribution in [2.45, 2.75) is 122 Å². The highest BCUT2D eigenvalue weighted by molar-refractivity contribution is 5.73. The molecular weight excluding hydrogens is 398 g/mol. The molecule has 0 heterocycles. The van der Waals surface area contributed by atoms with Gasteiger partial charge in [0.15, 0.2) is 0 Å². The summed E-state index contributed by atoms with van der Waals surface area (Å²) in [4.78, 5) is 30.4. The van der Waals surface area contributed by atoms with Crippen LogP contribution in [0.5, 0.6) is 0 Å². The Bertz CT molecular complexity index is 479. The summed E-state index contributed by atoms with van der Waals surface area (Å²) in [7, 11) is 0. The molecule has 0 aliphatic rings. The van der Waals surface area contributed by atoms with Crippen LogP contribution < -0.4 is 5.73 Å². The molecule has 0 aliphatic carbocycles. The second-order valence-corrected chi connectivity index (χ2v) is 7.96. The summed E-state index contributed by atoms with van der Waals surface area (Å²) >= 11 is 0. The van der Waals surface area contributed by atoms with Gasteiger partial charge in [0, 0.05) is 12.8 Å². The second-order valence-electron chi connectivity index (χ2n) is 7.96. The van der Waals surface area contributed by atoms with E-state index in [9.17, 15) is 14.4 Å². The Hall–Kier alpha value is -1.89. The lowest BCUT2D eigenvalue weighted by Crippen LogP contribution is -2.29. The van der Waals surface area contributed by atoms with E-state index in [0.29, 0.717) is 12.8 Å². The first kappa shape index (κ1) is 31.3. The number of aliphatic carboxylic acids is 3. The van der Waals surface area contributed by atoms with Crippen molar-refractivity contribution in [3.8, 4) is 0 Å². The van der Waals surface area contributed by atoms with Crippen LogP contribution >= 0.6 is 0 Å². The van der Waals surface area contributed by atoms with Crippen LogP contribution in [-0.4, -0.2) is 39.3 Å². The second kappa shape index (κ2) is 24.4. The zero-order valence-corrected chi connectivity index (χ0v) is 19.4. The van der Waals surface area contributed by atoms with Crippen molar-refractivity contribution in [3.05, 3.63) is 12.2 Å². The van der Waals surface area contributed by atoms with E-state index in [-0.39, 0.29) is 12.8 Å². The summed E-state index contributed by atoms with van der Waals surface area (Å²) in [5, 5.41) is 25.0. The first-order chi connectivity index (χ1) is 14.8. The van der Waals surface area contributed by atoms with Gasteiger partial charge in [-0.05, 0) is 44.9 Å². The van der Waals surface area contributed by atoms with Crippen molar-refractivity contribution in [1.82, 2.24) is 0 Å². The Kier molecular flexibility index (Phi) is 24.6. The summed E-state index contributed by atoms with van der Waals surface area (Å²) in [5.74, 6) is -2.68. The minimum absolute atomic E-state index is 0.0268. The highest BCUT2D eigenvalue weighted by Gasteiger charge is 2.10. The lowest BCUT2D eigenvalue weighted by Gasteiger charge is -2.02. The molecule has 0 bridgehead atoms. The minimum Gasteiger partial charge on any atom is -0.481 e. The monoisotopic (exact) mass is 443 g/mol. The highest BCUT2D eigenvalue weighted by atomic mass is 16.4. The van der Waals surface area contributed by atoms with Crippen LogP contribution in [0.1, 0.15) is 116 Å². The molecule has 31 heavy (non-hydrogen) atoms. The van der Waals surface area contributed by atoms with Gasteiger partial charge in [-0.15, -0.1) is 0 Å². The van der Waals surface area contributed by atoms with Gasteiger partial charge in [0.1, 0.15) is 6.04 Å². The van der Waals surface area contributed by atoms with E-state index in [1.165, 1.54) is 70.6 Å². The maximum absolute atomic E-state index is 10.3. The molecule has 0 saturated heterocycles. The summed E-state index contributed by atoms with van der Waals surface area (Å²) in [5.41, 5.74) is 5.11.